The molecule has 3 aromatic carbocycles. The molecule has 1 amide bonds. The average molecular weight is 501 g/mol. The number of ether oxygens (including phenoxy) is 1. The van der Waals surface area contributed by atoms with Crippen molar-refractivity contribution < 1.29 is 23.1 Å². The van der Waals surface area contributed by atoms with Crippen LogP contribution in [0.3, 0.4) is 0 Å². The van der Waals surface area contributed by atoms with Crippen LogP contribution in [0.5, 0.6) is 5.75 Å². The summed E-state index contributed by atoms with van der Waals surface area (Å²) >= 11 is 0. The second kappa shape index (κ2) is 10.0. The van der Waals surface area contributed by atoms with Crippen molar-refractivity contribution >= 4 is 17.4 Å². The summed E-state index contributed by atoms with van der Waals surface area (Å²) in [5.41, 5.74) is 3.69. The van der Waals surface area contributed by atoms with Gasteiger partial charge in [0.15, 0.2) is 5.78 Å². The number of carbonyl (C=O) groups excluding carboxylic acids is 2. The summed E-state index contributed by atoms with van der Waals surface area (Å²) < 4.78 is 33.4. The number of ketones is 1. The number of dihydropyridines is 1. The van der Waals surface area contributed by atoms with E-state index in [4.69, 9.17) is 4.74 Å². The van der Waals surface area contributed by atoms with Crippen LogP contribution < -0.4 is 15.4 Å². The lowest BCUT2D eigenvalue weighted by atomic mass is 9.71. The molecular formula is C30H26F2N2O3. The molecule has 1 heterocycles. The second-order valence-corrected chi connectivity index (χ2v) is 9.25. The van der Waals surface area contributed by atoms with Crippen LogP contribution in [0.2, 0.25) is 0 Å². The molecule has 0 aromatic heterocycles. The highest BCUT2D eigenvalue weighted by Gasteiger charge is 2.42. The minimum absolute atomic E-state index is 0.00903. The SMILES string of the molecule is COc1ccccc1[C@@H]1C(C(=O)Nc2ccc(F)cc2F)=C(C)NC2=C1C(=O)C[C@@H](c1ccccc1)C2. The number of para-hydroxylation sites is 1. The molecule has 0 fully saturated rings. The summed E-state index contributed by atoms with van der Waals surface area (Å²) in [6.45, 7) is 1.76. The van der Waals surface area contributed by atoms with Gasteiger partial charge in [-0.25, -0.2) is 8.78 Å². The number of rotatable bonds is 5. The molecule has 3 aromatic rings. The van der Waals surface area contributed by atoms with Gasteiger partial charge in [-0.3, -0.25) is 9.59 Å². The largest absolute Gasteiger partial charge is 0.496 e. The fourth-order valence-corrected chi connectivity index (χ4v) is 5.30. The number of hydrogen-bond acceptors (Lipinski definition) is 4. The van der Waals surface area contributed by atoms with Crippen LogP contribution in [0.25, 0.3) is 0 Å². The summed E-state index contributed by atoms with van der Waals surface area (Å²) in [4.78, 5) is 27.3. The topological polar surface area (TPSA) is 67.4 Å². The number of amides is 1. The van der Waals surface area contributed by atoms with Gasteiger partial charge in [-0.1, -0.05) is 48.5 Å². The van der Waals surface area contributed by atoms with Gasteiger partial charge in [-0.2, -0.15) is 0 Å². The van der Waals surface area contributed by atoms with Crippen molar-refractivity contribution in [3.05, 3.63) is 118 Å². The normalized spacial score (nSPS) is 19.3. The molecule has 0 unspecified atom stereocenters. The maximum Gasteiger partial charge on any atom is 0.254 e. The number of nitrogens with one attached hydrogen (secondary N) is 2. The summed E-state index contributed by atoms with van der Waals surface area (Å²) in [5, 5.41) is 5.88. The minimum atomic E-state index is -0.886. The van der Waals surface area contributed by atoms with E-state index in [0.717, 1.165) is 17.3 Å². The number of halogens is 2. The molecule has 1 aliphatic carbocycles. The van der Waals surface area contributed by atoms with Crippen LogP contribution in [-0.4, -0.2) is 18.8 Å². The fourth-order valence-electron chi connectivity index (χ4n) is 5.30. The van der Waals surface area contributed by atoms with Crippen molar-refractivity contribution in [3.63, 3.8) is 0 Å². The number of carbonyl (C=O) groups is 2. The van der Waals surface area contributed by atoms with E-state index in [0.29, 0.717) is 41.5 Å². The van der Waals surface area contributed by atoms with E-state index in [1.165, 1.54) is 13.2 Å². The van der Waals surface area contributed by atoms with Crippen LogP contribution in [0.15, 0.2) is 95.3 Å². The van der Waals surface area contributed by atoms with Gasteiger partial charge in [0.1, 0.15) is 17.4 Å². The molecule has 0 saturated heterocycles. The molecule has 188 valence electrons. The lowest BCUT2D eigenvalue weighted by Gasteiger charge is -2.37. The number of methoxy groups -OCH3 is 1. The molecule has 5 rings (SSSR count). The molecule has 37 heavy (non-hydrogen) atoms. The molecule has 0 bridgehead atoms. The first-order valence-electron chi connectivity index (χ1n) is 12.1. The Kier molecular flexibility index (Phi) is 6.61. The van der Waals surface area contributed by atoms with Crippen molar-refractivity contribution in [1.82, 2.24) is 5.32 Å². The Hall–Kier alpha value is -4.26. The quantitative estimate of drug-likeness (QED) is 0.453. The van der Waals surface area contributed by atoms with Gasteiger partial charge < -0.3 is 15.4 Å². The van der Waals surface area contributed by atoms with Gasteiger partial charge in [0.25, 0.3) is 5.91 Å². The maximum atomic E-state index is 14.4. The third kappa shape index (κ3) is 4.65. The Morgan fingerprint density at radius 3 is 2.46 bits per heavy atom. The molecular weight excluding hydrogens is 474 g/mol. The smallest absolute Gasteiger partial charge is 0.254 e. The predicted octanol–water partition coefficient (Wildman–Crippen LogP) is 5.97. The molecule has 1 aliphatic heterocycles. The number of allylic oxidation sites excluding steroid dienone is 3. The van der Waals surface area contributed by atoms with Gasteiger partial charge in [0.2, 0.25) is 0 Å². The first kappa shape index (κ1) is 24.4. The molecule has 7 heteroatoms. The summed E-state index contributed by atoms with van der Waals surface area (Å²) in [6, 6.07) is 20.1. The van der Waals surface area contributed by atoms with E-state index in [1.807, 2.05) is 48.5 Å². The Morgan fingerprint density at radius 1 is 1.00 bits per heavy atom. The van der Waals surface area contributed by atoms with E-state index in [1.54, 1.807) is 13.0 Å². The second-order valence-electron chi connectivity index (χ2n) is 9.25. The third-order valence-corrected chi connectivity index (χ3v) is 6.97. The van der Waals surface area contributed by atoms with Crippen molar-refractivity contribution in [2.75, 3.05) is 12.4 Å². The Morgan fingerprint density at radius 2 is 1.73 bits per heavy atom. The Labute approximate surface area is 213 Å². The van der Waals surface area contributed by atoms with E-state index >= 15 is 0 Å². The average Bonchev–Trinajstić information content (AvgIpc) is 2.89. The molecule has 2 N–H and O–H groups in total. The molecule has 2 atom stereocenters. The maximum absolute atomic E-state index is 14.4. The lowest BCUT2D eigenvalue weighted by molar-refractivity contribution is -0.116. The van der Waals surface area contributed by atoms with Gasteiger partial charge >= 0.3 is 0 Å². The highest BCUT2D eigenvalue weighted by atomic mass is 19.1. The van der Waals surface area contributed by atoms with Crippen LogP contribution in [0.4, 0.5) is 14.5 Å². The molecule has 0 spiro atoms. The molecule has 5 nitrogen and oxygen atoms in total. The van der Waals surface area contributed by atoms with E-state index < -0.39 is 23.5 Å². The number of anilines is 1. The number of benzene rings is 3. The van der Waals surface area contributed by atoms with Crippen molar-refractivity contribution in [3.8, 4) is 5.75 Å². The first-order chi connectivity index (χ1) is 17.9. The third-order valence-electron chi connectivity index (χ3n) is 6.97. The van der Waals surface area contributed by atoms with Gasteiger partial charge in [-0.05, 0) is 43.0 Å². The lowest BCUT2D eigenvalue weighted by Crippen LogP contribution is -2.37. The van der Waals surface area contributed by atoms with E-state index in [-0.39, 0.29) is 23.0 Å². The van der Waals surface area contributed by atoms with Crippen LogP contribution in [-0.2, 0) is 9.59 Å². The van der Waals surface area contributed by atoms with Gasteiger partial charge in [0, 0.05) is 40.6 Å². The van der Waals surface area contributed by atoms with Crippen LogP contribution in [0, 0.1) is 11.6 Å². The van der Waals surface area contributed by atoms with Crippen LogP contribution >= 0.6 is 0 Å². The Balaban J connectivity index is 1.59. The summed E-state index contributed by atoms with van der Waals surface area (Å²) in [7, 11) is 1.54. The monoisotopic (exact) mass is 500 g/mol. The highest BCUT2D eigenvalue weighted by Crippen LogP contribution is 2.47. The molecule has 0 saturated carbocycles. The van der Waals surface area contributed by atoms with Crippen molar-refractivity contribution in [2.45, 2.75) is 31.6 Å². The number of hydrogen-bond donors (Lipinski definition) is 2. The van der Waals surface area contributed by atoms with Gasteiger partial charge in [-0.15, -0.1) is 0 Å². The fraction of sp³-hybridized carbons (Fsp3) is 0.200. The highest BCUT2D eigenvalue weighted by molar-refractivity contribution is 6.10. The minimum Gasteiger partial charge on any atom is -0.496 e. The van der Waals surface area contributed by atoms with E-state index in [2.05, 4.69) is 10.6 Å². The first-order valence-corrected chi connectivity index (χ1v) is 12.1. The molecule has 2 aliphatic rings. The zero-order chi connectivity index (χ0) is 26.1. The van der Waals surface area contributed by atoms with Crippen molar-refractivity contribution in [1.29, 1.82) is 0 Å². The number of Topliss-reactive ketones (excluding diaryl/α,β-unsaturated/α-hetero) is 1. The predicted molar refractivity (Wildman–Crippen MR) is 137 cm³/mol. The molecule has 0 radical (unpaired) electrons. The zero-order valence-corrected chi connectivity index (χ0v) is 20.5. The van der Waals surface area contributed by atoms with E-state index in [9.17, 15) is 18.4 Å². The Bertz CT molecular complexity index is 1450. The summed E-state index contributed by atoms with van der Waals surface area (Å²) in [5.74, 6) is -2.46. The standard InChI is InChI=1S/C30H26F2N2O3/c1-17-27(30(36)34-23-13-12-20(31)16-22(23)32)28(21-10-6-7-11-26(21)37-2)29-24(33-17)14-19(15-25(29)35)18-8-4-3-5-9-18/h3-13,16,19,28,33H,14-15H2,1-2H3,(H,34,36)/t19-,28+/m0/s1. The van der Waals surface area contributed by atoms with Crippen LogP contribution in [0.1, 0.15) is 42.7 Å². The zero-order valence-electron chi connectivity index (χ0n) is 20.5. The van der Waals surface area contributed by atoms with Gasteiger partial charge in [0.05, 0.1) is 18.7 Å². The van der Waals surface area contributed by atoms with Crippen molar-refractivity contribution in [2.24, 2.45) is 0 Å². The summed E-state index contributed by atoms with van der Waals surface area (Å²) in [6.07, 6.45) is 0.909.